The highest BCUT2D eigenvalue weighted by Gasteiger charge is 2.36. The highest BCUT2D eigenvalue weighted by molar-refractivity contribution is 7.75. The van der Waals surface area contributed by atoms with Crippen LogP contribution in [0.2, 0.25) is 5.02 Å². The van der Waals surface area contributed by atoms with Crippen molar-refractivity contribution in [1.82, 2.24) is 10.3 Å². The average Bonchev–Trinajstić information content (AvgIpc) is 3.16. The number of rotatable bonds is 6. The number of hydrogen-bond donors (Lipinski definition) is 2. The number of nitrogens with one attached hydrogen (secondary N) is 2. The molecule has 0 radical (unpaired) electrons. The van der Waals surface area contributed by atoms with E-state index in [1.54, 1.807) is 18.2 Å². The summed E-state index contributed by atoms with van der Waals surface area (Å²) in [6.07, 6.45) is 3.83. The van der Waals surface area contributed by atoms with Crippen molar-refractivity contribution in [3.05, 3.63) is 88.3 Å². The van der Waals surface area contributed by atoms with Crippen LogP contribution in [-0.4, -0.2) is 18.0 Å². The molecule has 0 saturated heterocycles. The highest BCUT2D eigenvalue weighted by atomic mass is 35.5. The molecule has 170 valence electrons. The molecule has 2 N–H and O–H groups in total. The van der Waals surface area contributed by atoms with Crippen molar-refractivity contribution in [2.45, 2.75) is 20.4 Å². The van der Waals surface area contributed by atoms with Crippen molar-refractivity contribution >= 4 is 46.4 Å². The van der Waals surface area contributed by atoms with Crippen LogP contribution in [0, 0.1) is 13.8 Å². The Balaban J connectivity index is 1.84. The Morgan fingerprint density at radius 1 is 1.09 bits per heavy atom. The van der Waals surface area contributed by atoms with Crippen LogP contribution in [0.25, 0.3) is 10.9 Å². The molecular formula is C25H26ClN3O3P+. The average molecular weight is 483 g/mol. The van der Waals surface area contributed by atoms with E-state index in [4.69, 9.17) is 16.1 Å². The fourth-order valence-corrected chi connectivity index (χ4v) is 6.51. The Bertz CT molecular complexity index is 1380. The van der Waals surface area contributed by atoms with Crippen LogP contribution in [0.1, 0.15) is 27.2 Å². The van der Waals surface area contributed by atoms with Crippen LogP contribution in [0.5, 0.6) is 0 Å². The predicted molar refractivity (Wildman–Crippen MR) is 132 cm³/mol. The monoisotopic (exact) mass is 482 g/mol. The predicted octanol–water partition coefficient (Wildman–Crippen LogP) is 4.07. The topological polar surface area (TPSA) is 75.1 Å². The second-order valence-corrected chi connectivity index (χ2v) is 11.0. The largest absolute Gasteiger partial charge is 0.350 e. The fraction of sp³-hybridized carbons (Fsp3) is 0.200. The summed E-state index contributed by atoms with van der Waals surface area (Å²) in [7, 11) is -0.284. The molecule has 2 heterocycles. The maximum absolute atomic E-state index is 14.4. The second-order valence-electron chi connectivity index (χ2n) is 8.17. The number of H-pyrrole nitrogens is 1. The molecule has 0 bridgehead atoms. The van der Waals surface area contributed by atoms with E-state index in [1.807, 2.05) is 68.2 Å². The summed E-state index contributed by atoms with van der Waals surface area (Å²) in [6, 6.07) is 14.8. The lowest BCUT2D eigenvalue weighted by molar-refractivity contribution is -0.671. The van der Waals surface area contributed by atoms with Gasteiger partial charge in [-0.25, -0.2) is 4.57 Å². The molecule has 1 unspecified atom stereocenters. The molecule has 0 aliphatic carbocycles. The molecule has 0 aliphatic rings. The minimum Gasteiger partial charge on any atom is -0.350 e. The minimum atomic E-state index is -3.62. The van der Waals surface area contributed by atoms with E-state index >= 15 is 0 Å². The van der Waals surface area contributed by atoms with E-state index in [0.717, 1.165) is 16.7 Å². The Kier molecular flexibility index (Phi) is 6.44. The normalized spacial score (nSPS) is 13.1. The number of hydrogen-bond acceptors (Lipinski definition) is 3. The Labute approximate surface area is 198 Å². The Morgan fingerprint density at radius 3 is 2.39 bits per heavy atom. The third-order valence-electron chi connectivity index (χ3n) is 5.56. The lowest BCUT2D eigenvalue weighted by atomic mass is 10.2. The molecule has 33 heavy (non-hydrogen) atoms. The van der Waals surface area contributed by atoms with E-state index in [2.05, 4.69) is 10.3 Å². The van der Waals surface area contributed by atoms with Gasteiger partial charge in [0.2, 0.25) is 0 Å². The van der Waals surface area contributed by atoms with Crippen molar-refractivity contribution in [2.75, 3.05) is 7.11 Å². The first kappa shape index (κ1) is 23.2. The molecule has 0 fully saturated rings. The number of amides is 1. The number of aryl methyl sites for hydroxylation is 3. The maximum atomic E-state index is 14.4. The van der Waals surface area contributed by atoms with Gasteiger partial charge in [-0.1, -0.05) is 28.8 Å². The van der Waals surface area contributed by atoms with Crippen LogP contribution in [0.15, 0.2) is 60.9 Å². The summed E-state index contributed by atoms with van der Waals surface area (Å²) in [5, 5.41) is 4.87. The minimum absolute atomic E-state index is 0.207. The van der Waals surface area contributed by atoms with Crippen LogP contribution in [-0.2, 0) is 22.7 Å². The van der Waals surface area contributed by atoms with Gasteiger partial charge < -0.3 is 14.8 Å². The van der Waals surface area contributed by atoms with Crippen LogP contribution in [0.3, 0.4) is 0 Å². The first-order chi connectivity index (χ1) is 15.7. The molecule has 0 saturated carbocycles. The van der Waals surface area contributed by atoms with Crippen LogP contribution >= 0.6 is 19.0 Å². The number of pyridine rings is 1. The molecule has 4 rings (SSSR count). The number of fused-ring (bicyclic) bond motifs is 1. The molecule has 2 aromatic heterocycles. The quantitative estimate of drug-likeness (QED) is 0.321. The summed E-state index contributed by atoms with van der Waals surface area (Å²) in [6.45, 7) is 4.21. The fourth-order valence-electron chi connectivity index (χ4n) is 3.99. The van der Waals surface area contributed by atoms with Gasteiger partial charge in [-0.2, -0.15) is 0 Å². The van der Waals surface area contributed by atoms with Gasteiger partial charge >= 0.3 is 0 Å². The molecule has 6 nitrogen and oxygen atoms in total. The van der Waals surface area contributed by atoms with Gasteiger partial charge in [0.1, 0.15) is 12.7 Å². The van der Waals surface area contributed by atoms with Crippen LogP contribution in [0.4, 0.5) is 0 Å². The number of aromatic amines is 1. The number of carbonyl (C=O) groups excluding carboxylic acids is 1. The lowest BCUT2D eigenvalue weighted by Crippen LogP contribution is -2.31. The first-order valence-electron chi connectivity index (χ1n) is 10.5. The lowest BCUT2D eigenvalue weighted by Gasteiger charge is -2.19. The molecule has 1 atom stereocenters. The summed E-state index contributed by atoms with van der Waals surface area (Å²) in [5.74, 6) is -0.368. The molecule has 0 aliphatic heterocycles. The SMILES string of the molecule is COP(=O)(c1cc(C)cc(C)c1)c1c(C(=O)NCc2cc[n+](C)cc2)[nH]c2ccc(Cl)cc12. The number of benzene rings is 2. The number of carbonyl (C=O) groups is 1. The van der Waals surface area contributed by atoms with Crippen molar-refractivity contribution in [2.24, 2.45) is 7.05 Å². The highest BCUT2D eigenvalue weighted by Crippen LogP contribution is 2.47. The Hall–Kier alpha value is -2.92. The van der Waals surface area contributed by atoms with Crippen molar-refractivity contribution in [1.29, 1.82) is 0 Å². The number of aromatic nitrogens is 2. The second kappa shape index (κ2) is 9.14. The molecular weight excluding hydrogens is 457 g/mol. The van der Waals surface area contributed by atoms with E-state index in [9.17, 15) is 9.36 Å². The van der Waals surface area contributed by atoms with Crippen molar-refractivity contribution in [3.63, 3.8) is 0 Å². The van der Waals surface area contributed by atoms with Gasteiger partial charge in [-0.15, -0.1) is 0 Å². The third-order valence-corrected chi connectivity index (χ3v) is 8.30. The van der Waals surface area contributed by atoms with Crippen LogP contribution < -0.4 is 20.5 Å². The number of nitrogens with zero attached hydrogens (tertiary/aromatic N) is 1. The van der Waals surface area contributed by atoms with E-state index in [0.29, 0.717) is 33.1 Å². The maximum Gasteiger partial charge on any atom is 0.268 e. The van der Waals surface area contributed by atoms with Gasteiger partial charge in [-0.05, 0) is 49.7 Å². The van der Waals surface area contributed by atoms with Gasteiger partial charge in [0, 0.05) is 47.0 Å². The Morgan fingerprint density at radius 2 is 1.76 bits per heavy atom. The van der Waals surface area contributed by atoms with Crippen molar-refractivity contribution < 1.29 is 18.5 Å². The van der Waals surface area contributed by atoms with E-state index in [1.165, 1.54) is 7.11 Å². The summed E-state index contributed by atoms with van der Waals surface area (Å²) >= 11 is 6.28. The zero-order valence-electron chi connectivity index (χ0n) is 19.0. The first-order valence-corrected chi connectivity index (χ1v) is 12.5. The van der Waals surface area contributed by atoms with E-state index in [-0.39, 0.29) is 11.6 Å². The van der Waals surface area contributed by atoms with Gasteiger partial charge in [0.15, 0.2) is 12.4 Å². The smallest absolute Gasteiger partial charge is 0.268 e. The molecule has 0 spiro atoms. The molecule has 1 amide bonds. The summed E-state index contributed by atoms with van der Waals surface area (Å²) in [4.78, 5) is 16.5. The standard InChI is InChI=1S/C25H25ClN3O3P/c1-16-11-17(2)13-20(12-16)33(31,32-4)24-21-14-19(26)5-6-22(21)28-23(24)25(30)27-15-18-7-9-29(3)10-8-18/h5-14H,15H2,1-4H3,(H-,27,28,30,31)/p+1. The van der Waals surface area contributed by atoms with Gasteiger partial charge in [-0.3, -0.25) is 9.36 Å². The zero-order chi connectivity index (χ0) is 23.8. The zero-order valence-corrected chi connectivity index (χ0v) is 20.6. The van der Waals surface area contributed by atoms with Gasteiger partial charge in [0.05, 0.1) is 5.30 Å². The molecule has 8 heteroatoms. The van der Waals surface area contributed by atoms with Gasteiger partial charge in [0.25, 0.3) is 13.3 Å². The third kappa shape index (κ3) is 4.60. The number of halogens is 1. The van der Waals surface area contributed by atoms with E-state index < -0.39 is 7.37 Å². The van der Waals surface area contributed by atoms with Crippen molar-refractivity contribution in [3.8, 4) is 0 Å². The molecule has 4 aromatic rings. The summed E-state index contributed by atoms with van der Waals surface area (Å²) in [5.41, 5.74) is 3.74. The summed E-state index contributed by atoms with van der Waals surface area (Å²) < 4.78 is 22.1. The molecule has 2 aromatic carbocycles.